The summed E-state index contributed by atoms with van der Waals surface area (Å²) in [6.07, 6.45) is 0. The predicted octanol–water partition coefficient (Wildman–Crippen LogP) is 2.63. The van der Waals surface area contributed by atoms with E-state index in [2.05, 4.69) is 10.3 Å². The molecule has 0 aliphatic carbocycles. The second-order valence-electron chi connectivity index (χ2n) is 3.03. The Balaban J connectivity index is 2.24. The maximum atomic E-state index is 11.8. The van der Waals surface area contributed by atoms with Crippen molar-refractivity contribution in [3.8, 4) is 0 Å². The molecule has 0 saturated carbocycles. The third-order valence-corrected chi connectivity index (χ3v) is 2.85. The van der Waals surface area contributed by atoms with Crippen LogP contribution in [0.25, 0.3) is 0 Å². The number of nitrogens with one attached hydrogen (secondary N) is 1. The van der Waals surface area contributed by atoms with Crippen LogP contribution >= 0.6 is 22.9 Å². The van der Waals surface area contributed by atoms with Crippen LogP contribution in [0.3, 0.4) is 0 Å². The Bertz CT molecular complexity index is 513. The molecule has 4 nitrogen and oxygen atoms in total. The Kier molecular flexibility index (Phi) is 3.07. The van der Waals surface area contributed by atoms with Crippen molar-refractivity contribution in [2.24, 2.45) is 0 Å². The van der Waals surface area contributed by atoms with Crippen LogP contribution in [0.1, 0.15) is 10.5 Å². The van der Waals surface area contributed by atoms with E-state index in [0.717, 1.165) is 5.69 Å². The first-order valence-corrected chi connectivity index (χ1v) is 5.74. The van der Waals surface area contributed by atoms with Crippen molar-refractivity contribution in [2.45, 2.75) is 0 Å². The molecule has 0 aliphatic heterocycles. The van der Waals surface area contributed by atoms with Gasteiger partial charge in [0, 0.05) is 5.38 Å². The van der Waals surface area contributed by atoms with Gasteiger partial charge < -0.3 is 11.1 Å². The molecule has 0 saturated heterocycles. The van der Waals surface area contributed by atoms with Gasteiger partial charge in [-0.1, -0.05) is 11.6 Å². The lowest BCUT2D eigenvalue weighted by Crippen LogP contribution is -2.14. The maximum absolute atomic E-state index is 11.8. The van der Waals surface area contributed by atoms with Gasteiger partial charge in [0.05, 0.1) is 10.7 Å². The van der Waals surface area contributed by atoms with E-state index in [1.54, 1.807) is 18.2 Å². The fourth-order valence-electron chi connectivity index (χ4n) is 1.14. The minimum Gasteiger partial charge on any atom is -0.384 e. The van der Waals surface area contributed by atoms with Crippen molar-refractivity contribution in [1.29, 1.82) is 0 Å². The van der Waals surface area contributed by atoms with Crippen molar-refractivity contribution < 1.29 is 4.79 Å². The lowest BCUT2D eigenvalue weighted by molar-refractivity contribution is 0.102. The molecule has 2 aromatic rings. The third kappa shape index (κ3) is 2.32. The summed E-state index contributed by atoms with van der Waals surface area (Å²) < 4.78 is 0. The fraction of sp³-hybridized carbons (Fsp3) is 0. The largest absolute Gasteiger partial charge is 0.384 e. The first kappa shape index (κ1) is 10.9. The molecule has 3 N–H and O–H groups in total. The lowest BCUT2D eigenvalue weighted by Gasteiger charge is -2.04. The molecule has 0 spiro atoms. The molecule has 2 aromatic heterocycles. The van der Waals surface area contributed by atoms with Crippen LogP contribution < -0.4 is 11.1 Å². The predicted molar refractivity (Wildman–Crippen MR) is 65.9 cm³/mol. The maximum Gasteiger partial charge on any atom is 0.275 e. The van der Waals surface area contributed by atoms with Gasteiger partial charge in [-0.3, -0.25) is 4.79 Å². The molecule has 0 unspecified atom stereocenters. The van der Waals surface area contributed by atoms with Crippen LogP contribution in [0.5, 0.6) is 0 Å². The van der Waals surface area contributed by atoms with E-state index in [0.29, 0.717) is 0 Å². The number of carbonyl (C=O) groups is 1. The zero-order chi connectivity index (χ0) is 11.5. The number of halogens is 1. The van der Waals surface area contributed by atoms with Crippen molar-refractivity contribution in [3.05, 3.63) is 39.7 Å². The van der Waals surface area contributed by atoms with Gasteiger partial charge in [-0.25, -0.2) is 4.98 Å². The van der Waals surface area contributed by atoms with E-state index in [4.69, 9.17) is 17.3 Å². The second kappa shape index (κ2) is 4.51. The number of rotatable bonds is 2. The Morgan fingerprint density at radius 2 is 2.25 bits per heavy atom. The molecule has 0 aliphatic rings. The molecule has 0 atom stereocenters. The topological polar surface area (TPSA) is 68.0 Å². The van der Waals surface area contributed by atoms with Crippen molar-refractivity contribution in [2.75, 3.05) is 11.1 Å². The number of pyridine rings is 1. The Morgan fingerprint density at radius 1 is 1.44 bits per heavy atom. The van der Waals surface area contributed by atoms with Crippen LogP contribution in [0.2, 0.25) is 5.02 Å². The number of hydrogen-bond acceptors (Lipinski definition) is 4. The third-order valence-electron chi connectivity index (χ3n) is 1.86. The van der Waals surface area contributed by atoms with Gasteiger partial charge in [-0.2, -0.15) is 11.3 Å². The molecular weight excluding hydrogens is 246 g/mol. The van der Waals surface area contributed by atoms with Gasteiger partial charge in [-0.05, 0) is 23.6 Å². The molecule has 2 rings (SSSR count). The van der Waals surface area contributed by atoms with E-state index in [9.17, 15) is 4.79 Å². The number of hydrogen-bond donors (Lipinski definition) is 2. The molecule has 1 amide bonds. The molecule has 16 heavy (non-hydrogen) atoms. The highest BCUT2D eigenvalue weighted by atomic mass is 35.5. The Labute approximate surface area is 101 Å². The molecule has 0 aromatic carbocycles. The van der Waals surface area contributed by atoms with E-state index < -0.39 is 0 Å². The molecule has 0 fully saturated rings. The number of nitrogens with two attached hydrogens (primary N) is 1. The molecule has 0 radical (unpaired) electrons. The van der Waals surface area contributed by atoms with Gasteiger partial charge in [0.15, 0.2) is 0 Å². The van der Waals surface area contributed by atoms with Crippen molar-refractivity contribution >= 4 is 40.4 Å². The number of nitrogen functional groups attached to an aromatic ring is 1. The minimum atomic E-state index is -0.365. The summed E-state index contributed by atoms with van der Waals surface area (Å²) in [5.74, 6) is -0.101. The summed E-state index contributed by atoms with van der Waals surface area (Å²) in [6, 6.07) is 4.89. The summed E-state index contributed by atoms with van der Waals surface area (Å²) in [6.45, 7) is 0. The standard InChI is InChI=1S/C10H8ClN3OS/c11-7-1-2-8(12)14-9(7)10(15)13-6-3-4-16-5-6/h1-5H,(H2,12,14)(H,13,15). The number of anilines is 2. The van der Waals surface area contributed by atoms with E-state index in [1.807, 2.05) is 10.8 Å². The monoisotopic (exact) mass is 253 g/mol. The molecule has 6 heteroatoms. The zero-order valence-corrected chi connectivity index (χ0v) is 9.68. The average Bonchev–Trinajstić information content (AvgIpc) is 2.74. The first-order valence-electron chi connectivity index (χ1n) is 4.42. The lowest BCUT2D eigenvalue weighted by atomic mass is 10.3. The summed E-state index contributed by atoms with van der Waals surface area (Å²) in [5, 5.41) is 6.64. The van der Waals surface area contributed by atoms with Gasteiger partial charge in [-0.15, -0.1) is 0 Å². The van der Waals surface area contributed by atoms with E-state index in [1.165, 1.54) is 11.3 Å². The summed E-state index contributed by atoms with van der Waals surface area (Å²) >= 11 is 7.35. The molecule has 82 valence electrons. The Hall–Kier alpha value is -1.59. The van der Waals surface area contributed by atoms with Gasteiger partial charge in [0.25, 0.3) is 5.91 Å². The highest BCUT2D eigenvalue weighted by Crippen LogP contribution is 2.18. The van der Waals surface area contributed by atoms with Gasteiger partial charge in [0.2, 0.25) is 0 Å². The van der Waals surface area contributed by atoms with Crippen LogP contribution in [-0.4, -0.2) is 10.9 Å². The van der Waals surface area contributed by atoms with Crippen LogP contribution in [0.4, 0.5) is 11.5 Å². The van der Waals surface area contributed by atoms with E-state index >= 15 is 0 Å². The van der Waals surface area contributed by atoms with Gasteiger partial charge in [0.1, 0.15) is 11.5 Å². The van der Waals surface area contributed by atoms with Crippen molar-refractivity contribution in [1.82, 2.24) is 4.98 Å². The van der Waals surface area contributed by atoms with Gasteiger partial charge >= 0.3 is 0 Å². The van der Waals surface area contributed by atoms with Crippen LogP contribution in [0, 0.1) is 0 Å². The van der Waals surface area contributed by atoms with Crippen LogP contribution in [0.15, 0.2) is 29.0 Å². The quantitative estimate of drug-likeness (QED) is 0.865. The molecular formula is C10H8ClN3OS. The fourth-order valence-corrected chi connectivity index (χ4v) is 1.92. The number of amides is 1. The minimum absolute atomic E-state index is 0.132. The molecule has 2 heterocycles. The summed E-state index contributed by atoms with van der Waals surface area (Å²) in [4.78, 5) is 15.7. The number of aromatic nitrogens is 1. The van der Waals surface area contributed by atoms with Crippen molar-refractivity contribution in [3.63, 3.8) is 0 Å². The molecule has 0 bridgehead atoms. The normalized spacial score (nSPS) is 10.1. The summed E-state index contributed by atoms with van der Waals surface area (Å²) in [5.41, 5.74) is 6.34. The SMILES string of the molecule is Nc1ccc(Cl)c(C(=O)Nc2ccsc2)n1. The second-order valence-corrected chi connectivity index (χ2v) is 4.22. The number of thiophene rings is 1. The summed E-state index contributed by atoms with van der Waals surface area (Å²) in [7, 11) is 0. The van der Waals surface area contributed by atoms with E-state index in [-0.39, 0.29) is 22.4 Å². The Morgan fingerprint density at radius 3 is 2.94 bits per heavy atom. The zero-order valence-electron chi connectivity index (χ0n) is 8.11. The smallest absolute Gasteiger partial charge is 0.275 e. The average molecular weight is 254 g/mol. The number of carbonyl (C=O) groups excluding carboxylic acids is 1. The first-order chi connectivity index (χ1) is 7.66. The number of nitrogens with zero attached hydrogens (tertiary/aromatic N) is 1. The van der Waals surface area contributed by atoms with Crippen LogP contribution in [-0.2, 0) is 0 Å². The highest BCUT2D eigenvalue weighted by molar-refractivity contribution is 7.08. The highest BCUT2D eigenvalue weighted by Gasteiger charge is 2.12.